The molecule has 0 radical (unpaired) electrons. The third-order valence-corrected chi connectivity index (χ3v) is 31.6. The van der Waals surface area contributed by atoms with Crippen LogP contribution in [0.25, 0.3) is 11.1 Å². The number of hydrogen-bond donors (Lipinski definition) is 20. The number of carboxylic acid groups (broad SMARTS) is 1. The van der Waals surface area contributed by atoms with Crippen molar-refractivity contribution in [3.05, 3.63) is 164 Å². The van der Waals surface area contributed by atoms with E-state index in [4.69, 9.17) is 70.8 Å². The van der Waals surface area contributed by atoms with Gasteiger partial charge in [-0.2, -0.15) is 0 Å². The number of carboxylic acids is 1. The first-order valence-corrected chi connectivity index (χ1v) is 51.4. The highest BCUT2D eigenvalue weighted by Gasteiger charge is 2.63. The number of aliphatic hydroxyl groups excluding tert-OH is 8. The Hall–Kier alpha value is -11.6. The molecule has 45 heteroatoms. The summed E-state index contributed by atoms with van der Waals surface area (Å²) in [5.74, 6) is -14.4. The van der Waals surface area contributed by atoms with Crippen LogP contribution in [0.3, 0.4) is 0 Å². The van der Waals surface area contributed by atoms with Gasteiger partial charge in [0, 0.05) is 93.4 Å². The van der Waals surface area contributed by atoms with Crippen LogP contribution in [0, 0.1) is 5.92 Å². The molecule has 788 valence electrons. The minimum Gasteiger partial charge on any atom is -0.550 e. The minimum absolute atomic E-state index is 0.0595. The molecule has 8 amide bonds. The normalized spacial score (nSPS) is 26.2. The number of benzene rings is 7. The number of fused-ring (bicyclic) bond motifs is 14. The third kappa shape index (κ3) is 24.7. The first-order valence-electron chi connectivity index (χ1n) is 49.1. The second kappa shape index (κ2) is 48.1. The Morgan fingerprint density at radius 3 is 1.76 bits per heavy atom. The van der Waals surface area contributed by atoms with Crippen LogP contribution in [0.4, 0.5) is 0 Å². The Bertz CT molecular complexity index is 5850. The van der Waals surface area contributed by atoms with E-state index < -0.39 is 252 Å². The van der Waals surface area contributed by atoms with Crippen LogP contribution in [0.1, 0.15) is 186 Å². The molecule has 20 N–H and O–H groups in total. The molecule has 7 aromatic rings. The fraction of sp³-hybridized carbons (Fsp3) is 0.495. The highest BCUT2D eigenvalue weighted by Crippen LogP contribution is 2.71. The summed E-state index contributed by atoms with van der Waals surface area (Å²) in [5, 5.41) is 162. The van der Waals surface area contributed by atoms with Crippen LogP contribution in [-0.4, -0.2) is 288 Å². The maximum absolute atomic E-state index is 17.4. The monoisotopic (exact) mass is 2090 g/mol. The Kier molecular flexibility index (Phi) is 35.8. The molecule has 0 spiro atoms. The van der Waals surface area contributed by atoms with Gasteiger partial charge >= 0.3 is 7.94 Å². The van der Waals surface area contributed by atoms with Gasteiger partial charge < -0.3 is 152 Å². The van der Waals surface area contributed by atoms with Crippen molar-refractivity contribution >= 4 is 84.4 Å². The maximum Gasteiger partial charge on any atom is 0.417 e. The molecule has 0 aliphatic carbocycles. The van der Waals surface area contributed by atoms with E-state index >= 15 is 33.6 Å². The van der Waals surface area contributed by atoms with Crippen LogP contribution in [-0.2, 0) is 59.0 Å². The fourth-order valence-corrected chi connectivity index (χ4v) is 24.3. The summed E-state index contributed by atoms with van der Waals surface area (Å²) in [6, 6.07) is 8.31. The molecule has 0 unspecified atom stereocenters. The number of aromatic hydroxyl groups is 3. The highest BCUT2D eigenvalue weighted by molar-refractivity contribution is 7.64. The van der Waals surface area contributed by atoms with Gasteiger partial charge in [0.25, 0.3) is 0 Å². The average Bonchev–Trinajstić information content (AvgIpc) is 1.47. The number of nitrogens with zero attached hydrogens (tertiary/aromatic N) is 4. The molecule has 146 heavy (non-hydrogen) atoms. The lowest BCUT2D eigenvalue weighted by molar-refractivity contribution is -0.302. The van der Waals surface area contributed by atoms with E-state index in [-0.39, 0.29) is 75.4 Å². The second-order valence-corrected chi connectivity index (χ2v) is 42.1. The average molecular weight is 2090 g/mol. The van der Waals surface area contributed by atoms with Crippen molar-refractivity contribution in [1.29, 1.82) is 0 Å². The lowest BCUT2D eigenvalue weighted by Crippen LogP contribution is -2.65. The number of phenols is 3. The van der Waals surface area contributed by atoms with Crippen LogP contribution in [0.2, 0.25) is 10.0 Å². The van der Waals surface area contributed by atoms with Crippen LogP contribution < -0.4 is 81.2 Å². The molecule has 11 aliphatic heterocycles. The topological polar surface area (TPSA) is 594 Å². The van der Waals surface area contributed by atoms with Gasteiger partial charge in [-0.25, -0.2) is 0 Å². The number of unbranched alkanes of at least 4 members (excludes halogenated alkanes) is 4. The molecule has 18 atom stereocenters. The molecule has 17 bridgehead atoms. The fourth-order valence-electron chi connectivity index (χ4n) is 19.5. The first-order chi connectivity index (χ1) is 69.9. The number of aliphatic carboxylic acids is 1. The first kappa shape index (κ1) is 109. The molecule has 5 saturated heterocycles. The van der Waals surface area contributed by atoms with Gasteiger partial charge in [0.05, 0.1) is 23.3 Å². The zero-order chi connectivity index (χ0) is 104. The summed E-state index contributed by atoms with van der Waals surface area (Å²) < 4.78 is 61.1. The summed E-state index contributed by atoms with van der Waals surface area (Å²) in [5.41, 5.74) is -2.02. The van der Waals surface area contributed by atoms with Gasteiger partial charge in [-0.05, 0) is 198 Å². The van der Waals surface area contributed by atoms with E-state index in [9.17, 15) is 61.0 Å². The van der Waals surface area contributed by atoms with E-state index in [1.807, 2.05) is 4.90 Å². The van der Waals surface area contributed by atoms with Crippen LogP contribution >= 0.6 is 31.1 Å². The van der Waals surface area contributed by atoms with E-state index in [1.54, 1.807) is 26.2 Å². The van der Waals surface area contributed by atoms with E-state index in [0.717, 1.165) is 114 Å². The number of hydrogen-bond acceptors (Lipinski definition) is 34. The molecule has 11 aliphatic rings. The number of amides is 8. The summed E-state index contributed by atoms with van der Waals surface area (Å²) in [6.45, 7) is 7.45. The number of carbonyl (C=O) groups is 9. The quantitative estimate of drug-likeness (QED) is 0.0248. The maximum atomic E-state index is 17.4. The summed E-state index contributed by atoms with van der Waals surface area (Å²) in [6.07, 6.45) is -9.96. The molecule has 18 rings (SSSR count). The molecule has 0 aromatic heterocycles. The van der Waals surface area contributed by atoms with Crippen molar-refractivity contribution in [3.8, 4) is 80.1 Å². The van der Waals surface area contributed by atoms with Gasteiger partial charge in [0.15, 0.2) is 23.0 Å². The standard InChI is InChI=1S/C99H122Cl2N13O27P.C2H4O2/c1-50(2)18-9-7-6-8-10-19-74(120)105-83-87(124)85(122)72(48-115)138-98(83)140-90-70-42-55-43-71(90)136-66-29-24-54(40-62(66)100)84(121)82-97(133)109-80(92(128)103-30-17-31-111(4)5)60-44-56(117)45-68(137-99-89(126)88(125)86(123)73(49-116)139-99)75(60)59-39-52(22-27-64(59)118)78(94(130)110-82)106-95(131)79(55)107-96(132)81-61-46-58(47-69(76(61)101)141-142(112-32-11-12-33-112,113-34-13-14-35-113)114-36-15-16-37-114)135-67-41-53(23-28-65(67)119)77(102-3)93(129)104-63(91(127)108-81)38-51-20-25-57(134-70)26-21-51;1-2(3)4/h20-29,39-47,50,63,72-73,77-89,98-99,102,115-116,121-126H,6-19,30-38,48-49H2,1-5H3,(H10-,103,104,105,106,107,108,109,110,117,118,119,120,127,128,129,130,131,132,133);1H3,(H,3,4)/t63-,72-,73-,77+,78-,79-,80+,81+,82+,83-,84-,85-,86-,87-,88+,89+,98+,99+;/m1./s1. The number of aliphatic hydroxyl groups is 8. The van der Waals surface area contributed by atoms with Crippen LogP contribution in [0.15, 0.2) is 115 Å². The Labute approximate surface area is 852 Å². The van der Waals surface area contributed by atoms with Gasteiger partial charge in [-0.15, -0.1) is 14.0 Å². The molecule has 42 nitrogen and oxygen atoms in total. The molecular formula is C101H126Cl2N13O29P. The number of likely N-dealkylation sites (N-methyl/N-ethyl adjacent to an activating group) is 1. The zero-order valence-corrected chi connectivity index (χ0v) is 83.8. The smallest absolute Gasteiger partial charge is 0.417 e. The number of carbonyl (C=O) groups excluding carboxylic acids is 9. The van der Waals surface area contributed by atoms with E-state index in [2.05, 4.69) is 75.7 Å². The summed E-state index contributed by atoms with van der Waals surface area (Å²) in [4.78, 5) is 140. The molecule has 0 saturated carbocycles. The molecule has 11 heterocycles. The Morgan fingerprint density at radius 2 is 1.12 bits per heavy atom. The lowest BCUT2D eigenvalue weighted by atomic mass is 9.89. The van der Waals surface area contributed by atoms with Crippen molar-refractivity contribution in [1.82, 2.24) is 66.8 Å². The predicted octanol–water partition coefficient (Wildman–Crippen LogP) is 5.08. The van der Waals surface area contributed by atoms with Gasteiger partial charge in [0.2, 0.25) is 71.3 Å². The third-order valence-electron chi connectivity index (χ3n) is 27.1. The summed E-state index contributed by atoms with van der Waals surface area (Å²) in [7, 11) is 1.87. The lowest BCUT2D eigenvalue weighted by Gasteiger charge is -2.42. The molecule has 7 aromatic carbocycles. The van der Waals surface area contributed by atoms with Crippen molar-refractivity contribution in [2.75, 3.05) is 86.7 Å². The minimum atomic E-state index is -3.20. The second-order valence-electron chi connectivity index (χ2n) is 38.4. The summed E-state index contributed by atoms with van der Waals surface area (Å²) >= 11 is 15.5. The SMILES string of the molecule is CC(=O)[O-].CN[C@@H]1C(=O)N[C@@H]2Cc3ccc(cc3)Oc3cc4cc(c3O[C@@H]3O[C@H](CO)[C@@H](O)[C@H](O)[C@H]3NC(=O)CCCCCCCC(C)C)Oc3ccc(cc3Cl)[C@@H](O)[C@@H]3NC(=O)[C@H](NC(=O)[C@@H]4NC(=O)[C@@H](NC2=O)c2cc(cc(O[P+](N4CCCC4)(N4CCCC4)N4CCCC4)c2Cl)Oc2cc1ccc2O)c1ccc(O)c(c1)-c1c(O[C@H]2O[C@H](CO)[C@@H](O)[C@H](O)[C@@H]2O)cc(O)cc1[C@@H](C(=O)NCCCN(C)C)NC3=O. The van der Waals surface area contributed by atoms with Crippen molar-refractivity contribution in [3.63, 3.8) is 0 Å². The van der Waals surface area contributed by atoms with Gasteiger partial charge in [0.1, 0.15) is 132 Å². The number of phenolic OH excluding ortho intramolecular Hbond substituents is 3. The largest absolute Gasteiger partial charge is 0.550 e. The number of nitrogens with one attached hydrogen (secondary N) is 9. The van der Waals surface area contributed by atoms with Crippen molar-refractivity contribution in [2.45, 2.75) is 227 Å². The molecular weight excluding hydrogens is 1960 g/mol. The number of rotatable bonds is 26. The van der Waals surface area contributed by atoms with Gasteiger partial charge in [-0.3, -0.25) is 42.9 Å². The highest BCUT2D eigenvalue weighted by atomic mass is 35.5. The van der Waals surface area contributed by atoms with Crippen molar-refractivity contribution in [2.24, 2.45) is 5.92 Å². The van der Waals surface area contributed by atoms with Crippen molar-refractivity contribution < 1.29 is 142 Å². The predicted molar refractivity (Wildman–Crippen MR) is 526 cm³/mol. The zero-order valence-electron chi connectivity index (χ0n) is 81.4. The van der Waals surface area contributed by atoms with Gasteiger partial charge in [-0.1, -0.05) is 99.5 Å². The number of halogens is 2. The van der Waals surface area contributed by atoms with Crippen LogP contribution in [0.5, 0.6) is 69.0 Å². The Morgan fingerprint density at radius 1 is 0.548 bits per heavy atom. The molecule has 5 fully saturated rings. The van der Waals surface area contributed by atoms with E-state index in [1.165, 1.54) is 67.7 Å². The van der Waals surface area contributed by atoms with E-state index in [0.29, 0.717) is 76.6 Å². The number of ether oxygens (including phenoxy) is 7. The Balaban J connectivity index is 0.00000393.